The van der Waals surface area contributed by atoms with E-state index in [1.54, 1.807) is 6.07 Å². The number of pyridine rings is 1. The monoisotopic (exact) mass is 410 g/mol. The van der Waals surface area contributed by atoms with Crippen molar-refractivity contribution in [1.29, 1.82) is 0 Å². The minimum absolute atomic E-state index is 0.0346. The number of nitro groups is 1. The third-order valence-electron chi connectivity index (χ3n) is 3.50. The molecule has 0 aliphatic heterocycles. The number of halogens is 4. The second-order valence-electron chi connectivity index (χ2n) is 5.31. The van der Waals surface area contributed by atoms with Crippen molar-refractivity contribution in [3.8, 4) is 0 Å². The molecule has 12 heteroatoms. The second kappa shape index (κ2) is 7.64. The van der Waals surface area contributed by atoms with Gasteiger partial charge in [0.05, 0.1) is 21.9 Å². The molecule has 28 heavy (non-hydrogen) atoms. The van der Waals surface area contributed by atoms with Gasteiger partial charge in [-0.3, -0.25) is 10.1 Å². The van der Waals surface area contributed by atoms with E-state index in [1.807, 2.05) is 0 Å². The molecule has 2 aromatic heterocycles. The molecule has 0 radical (unpaired) electrons. The molecule has 0 aliphatic carbocycles. The van der Waals surface area contributed by atoms with Gasteiger partial charge in [0.15, 0.2) is 5.15 Å². The van der Waals surface area contributed by atoms with Crippen LogP contribution in [0.25, 0.3) is 0 Å². The molecule has 1 aromatic carbocycles. The van der Waals surface area contributed by atoms with E-state index in [-0.39, 0.29) is 22.3 Å². The zero-order valence-electron chi connectivity index (χ0n) is 13.7. The first-order valence-electron chi connectivity index (χ1n) is 7.57. The zero-order valence-corrected chi connectivity index (χ0v) is 14.5. The lowest BCUT2D eigenvalue weighted by atomic mass is 10.1. The van der Waals surface area contributed by atoms with E-state index in [0.717, 1.165) is 18.5 Å². The molecule has 3 rings (SSSR count). The Bertz CT molecular complexity index is 1030. The molecular formula is C16H10ClF3N6O2. The summed E-state index contributed by atoms with van der Waals surface area (Å²) in [5.41, 5.74) is -1.80. The lowest BCUT2D eigenvalue weighted by molar-refractivity contribution is -0.383. The lowest BCUT2D eigenvalue weighted by Crippen LogP contribution is -2.11. The van der Waals surface area contributed by atoms with Crippen LogP contribution in [0.2, 0.25) is 5.15 Å². The Balaban J connectivity index is 2.04. The standard InChI is InChI=1S/C16H10ClF3N6O2/c17-13-11(6-3-7-21-13)25-15-12(26(27)28)14(22-8-23-15)24-10-5-2-1-4-9(10)16(18,19)20/h1-8H,(H2,22,23,24,25). The van der Waals surface area contributed by atoms with E-state index in [1.165, 1.54) is 24.4 Å². The van der Waals surface area contributed by atoms with Gasteiger partial charge in [0, 0.05) is 6.20 Å². The SMILES string of the molecule is O=[N+]([O-])c1c(Nc2ccccc2C(F)(F)F)ncnc1Nc1cccnc1Cl. The summed E-state index contributed by atoms with van der Waals surface area (Å²) < 4.78 is 39.5. The van der Waals surface area contributed by atoms with Crippen LogP contribution in [-0.4, -0.2) is 19.9 Å². The largest absolute Gasteiger partial charge is 0.418 e. The van der Waals surface area contributed by atoms with Crippen molar-refractivity contribution in [2.24, 2.45) is 0 Å². The highest BCUT2D eigenvalue weighted by Crippen LogP contribution is 2.38. The molecule has 0 aliphatic rings. The molecule has 3 aromatic rings. The van der Waals surface area contributed by atoms with E-state index in [4.69, 9.17) is 11.6 Å². The fourth-order valence-electron chi connectivity index (χ4n) is 2.31. The van der Waals surface area contributed by atoms with Crippen molar-refractivity contribution in [3.63, 3.8) is 0 Å². The molecule has 0 amide bonds. The highest BCUT2D eigenvalue weighted by molar-refractivity contribution is 6.32. The van der Waals surface area contributed by atoms with Crippen LogP contribution in [-0.2, 0) is 6.18 Å². The molecular weight excluding hydrogens is 401 g/mol. The average molecular weight is 411 g/mol. The first-order valence-corrected chi connectivity index (χ1v) is 7.95. The Morgan fingerprint density at radius 1 is 0.964 bits per heavy atom. The van der Waals surface area contributed by atoms with Gasteiger partial charge in [0.1, 0.15) is 6.33 Å². The van der Waals surface area contributed by atoms with E-state index in [2.05, 4.69) is 25.6 Å². The number of aromatic nitrogens is 3. The summed E-state index contributed by atoms with van der Waals surface area (Å²) in [5, 5.41) is 16.6. The molecule has 2 N–H and O–H groups in total. The number of anilines is 4. The maximum atomic E-state index is 13.2. The quantitative estimate of drug-likeness (QED) is 0.348. The van der Waals surface area contributed by atoms with Gasteiger partial charge in [0.25, 0.3) is 0 Å². The molecule has 0 saturated carbocycles. The molecule has 8 nitrogen and oxygen atoms in total. The Hall–Kier alpha value is -3.47. The van der Waals surface area contributed by atoms with Crippen molar-refractivity contribution in [3.05, 3.63) is 69.8 Å². The van der Waals surface area contributed by atoms with E-state index >= 15 is 0 Å². The maximum absolute atomic E-state index is 13.2. The maximum Gasteiger partial charge on any atom is 0.418 e. The van der Waals surface area contributed by atoms with E-state index in [9.17, 15) is 23.3 Å². The number of hydrogen-bond donors (Lipinski definition) is 2. The Kier molecular flexibility index (Phi) is 5.27. The normalized spacial score (nSPS) is 11.1. The minimum Gasteiger partial charge on any atom is -0.334 e. The number of benzene rings is 1. The number of rotatable bonds is 5. The van der Waals surface area contributed by atoms with Gasteiger partial charge in [-0.25, -0.2) is 15.0 Å². The highest BCUT2D eigenvalue weighted by atomic mass is 35.5. The molecule has 0 atom stereocenters. The Morgan fingerprint density at radius 2 is 1.57 bits per heavy atom. The van der Waals surface area contributed by atoms with Crippen molar-refractivity contribution in [2.75, 3.05) is 10.6 Å². The summed E-state index contributed by atoms with van der Waals surface area (Å²) in [6.45, 7) is 0. The number of para-hydroxylation sites is 1. The number of nitrogens with zero attached hydrogens (tertiary/aromatic N) is 4. The van der Waals surface area contributed by atoms with Crippen LogP contribution < -0.4 is 10.6 Å². The smallest absolute Gasteiger partial charge is 0.334 e. The van der Waals surface area contributed by atoms with Crippen molar-refractivity contribution in [2.45, 2.75) is 6.18 Å². The van der Waals surface area contributed by atoms with Gasteiger partial charge >= 0.3 is 11.9 Å². The number of alkyl halides is 3. The minimum atomic E-state index is -4.66. The van der Waals surface area contributed by atoms with E-state index in [0.29, 0.717) is 0 Å². The fraction of sp³-hybridized carbons (Fsp3) is 0.0625. The lowest BCUT2D eigenvalue weighted by Gasteiger charge is -2.14. The third-order valence-corrected chi connectivity index (χ3v) is 3.80. The topological polar surface area (TPSA) is 106 Å². The summed E-state index contributed by atoms with van der Waals surface area (Å²) in [6.07, 6.45) is -2.27. The molecule has 0 bridgehead atoms. The first-order chi connectivity index (χ1) is 13.3. The van der Waals surface area contributed by atoms with Gasteiger partial charge in [-0.15, -0.1) is 0 Å². The van der Waals surface area contributed by atoms with Crippen molar-refractivity contribution < 1.29 is 18.1 Å². The van der Waals surface area contributed by atoms with Gasteiger partial charge in [0.2, 0.25) is 11.6 Å². The predicted octanol–water partition coefficient (Wildman–Crippen LogP) is 4.94. The van der Waals surface area contributed by atoms with Crippen LogP contribution in [0.4, 0.5) is 41.9 Å². The Labute approximate surface area is 160 Å². The number of hydrogen-bond acceptors (Lipinski definition) is 7. The highest BCUT2D eigenvalue weighted by Gasteiger charge is 2.34. The second-order valence-corrected chi connectivity index (χ2v) is 5.67. The van der Waals surface area contributed by atoms with Crippen LogP contribution in [0, 0.1) is 10.1 Å². The van der Waals surface area contributed by atoms with Crippen LogP contribution in [0.15, 0.2) is 48.9 Å². The van der Waals surface area contributed by atoms with E-state index < -0.39 is 28.2 Å². The van der Waals surface area contributed by atoms with Crippen LogP contribution in [0.5, 0.6) is 0 Å². The van der Waals surface area contributed by atoms with Crippen LogP contribution in [0.3, 0.4) is 0 Å². The Morgan fingerprint density at radius 3 is 2.18 bits per heavy atom. The van der Waals surface area contributed by atoms with Crippen LogP contribution in [0.1, 0.15) is 5.56 Å². The molecule has 2 heterocycles. The zero-order chi connectivity index (χ0) is 20.3. The van der Waals surface area contributed by atoms with Gasteiger partial charge in [-0.2, -0.15) is 13.2 Å². The third kappa shape index (κ3) is 4.09. The predicted molar refractivity (Wildman–Crippen MR) is 95.9 cm³/mol. The van der Waals surface area contributed by atoms with Crippen LogP contribution >= 0.6 is 11.6 Å². The molecule has 0 saturated heterocycles. The summed E-state index contributed by atoms with van der Waals surface area (Å²) in [4.78, 5) is 22.1. The molecule has 0 fully saturated rings. The van der Waals surface area contributed by atoms with Gasteiger partial charge < -0.3 is 10.6 Å². The molecule has 144 valence electrons. The van der Waals surface area contributed by atoms with Gasteiger partial charge in [-0.1, -0.05) is 23.7 Å². The average Bonchev–Trinajstić information content (AvgIpc) is 2.63. The summed E-state index contributed by atoms with van der Waals surface area (Å²) >= 11 is 5.92. The van der Waals surface area contributed by atoms with Crippen molar-refractivity contribution >= 4 is 40.3 Å². The summed E-state index contributed by atoms with van der Waals surface area (Å²) in [7, 11) is 0. The fourth-order valence-corrected chi connectivity index (χ4v) is 2.47. The number of nitrogens with one attached hydrogen (secondary N) is 2. The first kappa shape index (κ1) is 19.3. The summed E-state index contributed by atoms with van der Waals surface area (Å²) in [6, 6.07) is 7.61. The molecule has 0 spiro atoms. The van der Waals surface area contributed by atoms with Crippen molar-refractivity contribution in [1.82, 2.24) is 15.0 Å². The summed E-state index contributed by atoms with van der Waals surface area (Å²) in [5.74, 6) is -0.680. The molecule has 0 unspecified atom stereocenters. The van der Waals surface area contributed by atoms with Gasteiger partial charge in [-0.05, 0) is 24.3 Å².